The number of carbonyl (C=O) groups is 1. The highest BCUT2D eigenvalue weighted by Crippen LogP contribution is 2.28. The summed E-state index contributed by atoms with van der Waals surface area (Å²) in [6.45, 7) is 3.31. The number of carbonyl (C=O) groups excluding carboxylic acids is 1. The Hall–Kier alpha value is -0.650. The Morgan fingerprint density at radius 3 is 2.79 bits per heavy atom. The average Bonchev–Trinajstić information content (AvgIpc) is 3.01. The minimum absolute atomic E-state index is 0.131. The molecule has 82 valence electrons. The molecule has 1 fully saturated rings. The molecule has 0 radical (unpaired) electrons. The summed E-state index contributed by atoms with van der Waals surface area (Å²) in [5.41, 5.74) is 2.18. The van der Waals surface area contributed by atoms with Gasteiger partial charge in [-0.1, -0.05) is 0 Å². The molecule has 0 spiro atoms. The largest absolute Gasteiger partial charge is 0.383 e. The van der Waals surface area contributed by atoms with E-state index in [0.717, 1.165) is 6.54 Å². The number of hydrazine groups is 1. The summed E-state index contributed by atoms with van der Waals surface area (Å²) in [7, 11) is 1.67. The molecule has 0 aromatic rings. The lowest BCUT2D eigenvalue weighted by atomic mass is 10.2. The molecule has 3 N–H and O–H groups in total. The summed E-state index contributed by atoms with van der Waals surface area (Å²) >= 11 is 0. The Morgan fingerprint density at radius 1 is 1.71 bits per heavy atom. The molecule has 0 aromatic heterocycles. The summed E-state index contributed by atoms with van der Waals surface area (Å²) in [4.78, 5) is 13.5. The number of ether oxygens (including phenoxy) is 1. The van der Waals surface area contributed by atoms with Gasteiger partial charge in [0.1, 0.15) is 0 Å². The molecule has 0 saturated heterocycles. The van der Waals surface area contributed by atoms with Crippen molar-refractivity contribution in [2.75, 3.05) is 20.3 Å². The standard InChI is InChI=1S/C9H19N3O2/c1-7(9(13)11-10)12(5-6-14-2)8-3-4-8/h7-8H,3-6,10H2,1-2H3,(H,11,13). The van der Waals surface area contributed by atoms with Crippen LogP contribution in [0.2, 0.25) is 0 Å². The van der Waals surface area contributed by atoms with E-state index in [4.69, 9.17) is 10.6 Å². The van der Waals surface area contributed by atoms with Crippen LogP contribution in [0.25, 0.3) is 0 Å². The van der Waals surface area contributed by atoms with Crippen molar-refractivity contribution in [1.82, 2.24) is 10.3 Å². The molecule has 14 heavy (non-hydrogen) atoms. The van der Waals surface area contributed by atoms with Crippen LogP contribution in [0.1, 0.15) is 19.8 Å². The minimum Gasteiger partial charge on any atom is -0.383 e. The summed E-state index contributed by atoms with van der Waals surface area (Å²) in [6, 6.07) is 0.375. The van der Waals surface area contributed by atoms with Crippen LogP contribution in [0.5, 0.6) is 0 Å². The smallest absolute Gasteiger partial charge is 0.250 e. The lowest BCUT2D eigenvalue weighted by molar-refractivity contribution is -0.126. The van der Waals surface area contributed by atoms with Gasteiger partial charge in [0.15, 0.2) is 0 Å². The maximum atomic E-state index is 11.3. The number of methoxy groups -OCH3 is 1. The molecule has 1 aliphatic carbocycles. The molecule has 1 aliphatic rings. The molecular weight excluding hydrogens is 182 g/mol. The quantitative estimate of drug-likeness (QED) is 0.344. The molecule has 0 aliphatic heterocycles. The van der Waals surface area contributed by atoms with E-state index < -0.39 is 0 Å². The van der Waals surface area contributed by atoms with Gasteiger partial charge in [0.2, 0.25) is 0 Å². The van der Waals surface area contributed by atoms with Crippen molar-refractivity contribution in [3.63, 3.8) is 0 Å². The van der Waals surface area contributed by atoms with E-state index in [1.165, 1.54) is 12.8 Å². The number of amides is 1. The molecule has 5 heteroatoms. The second kappa shape index (κ2) is 5.29. The molecule has 0 bridgehead atoms. The molecule has 0 heterocycles. The Bertz CT molecular complexity index is 194. The molecule has 5 nitrogen and oxygen atoms in total. The Balaban J connectivity index is 2.43. The lowest BCUT2D eigenvalue weighted by Gasteiger charge is -2.27. The molecule has 1 amide bonds. The highest BCUT2D eigenvalue weighted by molar-refractivity contribution is 5.80. The van der Waals surface area contributed by atoms with E-state index in [2.05, 4.69) is 10.3 Å². The SMILES string of the molecule is COCCN(C1CC1)C(C)C(=O)NN. The second-order valence-electron chi connectivity index (χ2n) is 3.65. The van der Waals surface area contributed by atoms with Crippen LogP contribution in [0.3, 0.4) is 0 Å². The highest BCUT2D eigenvalue weighted by atomic mass is 16.5. The van der Waals surface area contributed by atoms with Crippen LogP contribution in [-0.2, 0) is 9.53 Å². The van der Waals surface area contributed by atoms with Gasteiger partial charge in [-0.25, -0.2) is 5.84 Å². The highest BCUT2D eigenvalue weighted by Gasteiger charge is 2.34. The lowest BCUT2D eigenvalue weighted by Crippen LogP contribution is -2.49. The first-order valence-electron chi connectivity index (χ1n) is 4.95. The minimum atomic E-state index is -0.164. The van der Waals surface area contributed by atoms with E-state index in [0.29, 0.717) is 12.6 Å². The van der Waals surface area contributed by atoms with Crippen molar-refractivity contribution < 1.29 is 9.53 Å². The van der Waals surface area contributed by atoms with E-state index >= 15 is 0 Å². The predicted molar refractivity (Wildman–Crippen MR) is 53.4 cm³/mol. The fourth-order valence-corrected chi connectivity index (χ4v) is 1.57. The fourth-order valence-electron chi connectivity index (χ4n) is 1.57. The van der Waals surface area contributed by atoms with Gasteiger partial charge in [-0.2, -0.15) is 0 Å². The topological polar surface area (TPSA) is 67.6 Å². The zero-order chi connectivity index (χ0) is 10.6. The van der Waals surface area contributed by atoms with Gasteiger partial charge in [0.25, 0.3) is 5.91 Å². The number of nitrogens with zero attached hydrogens (tertiary/aromatic N) is 1. The van der Waals surface area contributed by atoms with Gasteiger partial charge in [-0.05, 0) is 19.8 Å². The molecule has 1 saturated carbocycles. The normalized spacial score (nSPS) is 18.3. The number of rotatable bonds is 6. The third-order valence-electron chi connectivity index (χ3n) is 2.59. The molecule has 1 unspecified atom stereocenters. The molecular formula is C9H19N3O2. The Kier molecular flexibility index (Phi) is 4.31. The maximum Gasteiger partial charge on any atom is 0.250 e. The summed E-state index contributed by atoms with van der Waals surface area (Å²) in [5.74, 6) is 4.97. The summed E-state index contributed by atoms with van der Waals surface area (Å²) in [5, 5.41) is 0. The van der Waals surface area contributed by atoms with Gasteiger partial charge in [0, 0.05) is 19.7 Å². The van der Waals surface area contributed by atoms with Crippen LogP contribution < -0.4 is 11.3 Å². The first-order valence-corrected chi connectivity index (χ1v) is 4.95. The number of nitrogens with two attached hydrogens (primary N) is 1. The van der Waals surface area contributed by atoms with Gasteiger partial charge < -0.3 is 4.74 Å². The van der Waals surface area contributed by atoms with Crippen molar-refractivity contribution in [2.45, 2.75) is 31.8 Å². The maximum absolute atomic E-state index is 11.3. The van der Waals surface area contributed by atoms with Crippen molar-refractivity contribution in [3.8, 4) is 0 Å². The van der Waals surface area contributed by atoms with Crippen LogP contribution in [0.15, 0.2) is 0 Å². The van der Waals surface area contributed by atoms with Gasteiger partial charge >= 0.3 is 0 Å². The number of hydrogen-bond donors (Lipinski definition) is 2. The van der Waals surface area contributed by atoms with Crippen molar-refractivity contribution in [2.24, 2.45) is 5.84 Å². The molecule has 1 rings (SSSR count). The van der Waals surface area contributed by atoms with Crippen molar-refractivity contribution in [1.29, 1.82) is 0 Å². The third-order valence-corrected chi connectivity index (χ3v) is 2.59. The summed E-state index contributed by atoms with van der Waals surface area (Å²) in [6.07, 6.45) is 2.35. The van der Waals surface area contributed by atoms with E-state index in [9.17, 15) is 4.79 Å². The van der Waals surface area contributed by atoms with Crippen molar-refractivity contribution >= 4 is 5.91 Å². The average molecular weight is 201 g/mol. The number of hydrogen-bond acceptors (Lipinski definition) is 4. The monoisotopic (exact) mass is 201 g/mol. The first-order chi connectivity index (χ1) is 6.70. The zero-order valence-electron chi connectivity index (χ0n) is 8.82. The fraction of sp³-hybridized carbons (Fsp3) is 0.889. The van der Waals surface area contributed by atoms with E-state index in [1.54, 1.807) is 7.11 Å². The van der Waals surface area contributed by atoms with Crippen molar-refractivity contribution in [3.05, 3.63) is 0 Å². The second-order valence-corrected chi connectivity index (χ2v) is 3.65. The van der Waals surface area contributed by atoms with Gasteiger partial charge in [0.05, 0.1) is 12.6 Å². The third kappa shape index (κ3) is 2.94. The van der Waals surface area contributed by atoms with Gasteiger partial charge in [-0.15, -0.1) is 0 Å². The Morgan fingerprint density at radius 2 is 2.36 bits per heavy atom. The van der Waals surface area contributed by atoms with Crippen LogP contribution >= 0.6 is 0 Å². The van der Waals surface area contributed by atoms with E-state index in [-0.39, 0.29) is 11.9 Å². The Labute approximate surface area is 84.5 Å². The van der Waals surface area contributed by atoms with Crippen LogP contribution in [0, 0.1) is 0 Å². The van der Waals surface area contributed by atoms with E-state index in [1.807, 2.05) is 6.92 Å². The molecule has 0 aromatic carbocycles. The zero-order valence-corrected chi connectivity index (χ0v) is 8.82. The first kappa shape index (κ1) is 11.4. The van der Waals surface area contributed by atoms with Crippen LogP contribution in [-0.4, -0.2) is 43.2 Å². The molecule has 1 atom stereocenters. The van der Waals surface area contributed by atoms with Gasteiger partial charge in [-0.3, -0.25) is 15.1 Å². The number of nitrogens with one attached hydrogen (secondary N) is 1. The van der Waals surface area contributed by atoms with Crippen LogP contribution in [0.4, 0.5) is 0 Å². The summed E-state index contributed by atoms with van der Waals surface area (Å²) < 4.78 is 5.01. The predicted octanol–water partition coefficient (Wildman–Crippen LogP) is -0.524.